The maximum absolute atomic E-state index is 14.0. The van der Waals surface area contributed by atoms with Gasteiger partial charge in [-0.15, -0.1) is 24.0 Å². The van der Waals surface area contributed by atoms with E-state index >= 15 is 0 Å². The molecule has 1 aromatic carbocycles. The van der Waals surface area contributed by atoms with Crippen LogP contribution >= 0.6 is 24.0 Å². The van der Waals surface area contributed by atoms with E-state index in [0.29, 0.717) is 51.3 Å². The summed E-state index contributed by atoms with van der Waals surface area (Å²) in [7, 11) is -3.16. The van der Waals surface area contributed by atoms with Gasteiger partial charge in [0.05, 0.1) is 5.75 Å². The molecule has 30 heavy (non-hydrogen) atoms. The summed E-state index contributed by atoms with van der Waals surface area (Å²) < 4.78 is 54.0. The van der Waals surface area contributed by atoms with E-state index in [1.807, 2.05) is 13.8 Å². The van der Waals surface area contributed by atoms with Crippen molar-refractivity contribution >= 4 is 40.0 Å². The van der Waals surface area contributed by atoms with Crippen LogP contribution in [0.15, 0.2) is 23.2 Å². The number of benzene rings is 1. The van der Waals surface area contributed by atoms with Gasteiger partial charge < -0.3 is 10.6 Å². The molecule has 1 aliphatic carbocycles. The Labute approximate surface area is 195 Å². The lowest BCUT2D eigenvalue weighted by molar-refractivity contribution is 0.306. The third-order valence-electron chi connectivity index (χ3n) is 5.45. The number of aliphatic imine (C=N–C) groups is 1. The quantitative estimate of drug-likeness (QED) is 0.308. The van der Waals surface area contributed by atoms with Crippen LogP contribution in [0.5, 0.6) is 0 Å². The molecule has 6 nitrogen and oxygen atoms in total. The Balaban J connectivity index is 0.00000320. The molecule has 0 spiro atoms. The molecule has 1 heterocycles. The van der Waals surface area contributed by atoms with Crippen molar-refractivity contribution in [1.82, 2.24) is 14.9 Å². The van der Waals surface area contributed by atoms with Crippen molar-refractivity contribution in [2.24, 2.45) is 4.99 Å². The standard InChI is InChI=1S/C20H30F2N4O2S.HI/c1-3-12-29(27,28)26-10-8-14(9-11-26)24-20(23-4-2)25-18-13-15(18)19-16(21)6-5-7-17(19)22;/h5-7,14-15,18H,3-4,8-13H2,1-2H3,(H2,23,24,25);1H. The summed E-state index contributed by atoms with van der Waals surface area (Å²) in [4.78, 5) is 4.44. The lowest BCUT2D eigenvalue weighted by Gasteiger charge is -2.32. The molecule has 0 radical (unpaired) electrons. The molecule has 2 fully saturated rings. The summed E-state index contributed by atoms with van der Waals surface area (Å²) in [6.07, 6.45) is 2.66. The molecule has 1 saturated heterocycles. The van der Waals surface area contributed by atoms with Gasteiger partial charge in [0.2, 0.25) is 10.0 Å². The maximum atomic E-state index is 14.0. The summed E-state index contributed by atoms with van der Waals surface area (Å²) in [6.45, 7) is 5.34. The second-order valence-corrected chi connectivity index (χ2v) is 9.77. The monoisotopic (exact) mass is 556 g/mol. The van der Waals surface area contributed by atoms with Gasteiger partial charge in [-0.05, 0) is 44.7 Å². The highest BCUT2D eigenvalue weighted by atomic mass is 127. The smallest absolute Gasteiger partial charge is 0.214 e. The van der Waals surface area contributed by atoms with Crippen LogP contribution < -0.4 is 10.6 Å². The fourth-order valence-corrected chi connectivity index (χ4v) is 5.41. The number of nitrogens with zero attached hydrogens (tertiary/aromatic N) is 2. The highest BCUT2D eigenvalue weighted by molar-refractivity contribution is 14.0. The molecule has 1 aromatic rings. The summed E-state index contributed by atoms with van der Waals surface area (Å²) in [5, 5.41) is 6.64. The first-order valence-electron chi connectivity index (χ1n) is 10.3. The van der Waals surface area contributed by atoms with E-state index in [2.05, 4.69) is 15.6 Å². The number of nitrogens with one attached hydrogen (secondary N) is 2. The van der Waals surface area contributed by atoms with Crippen molar-refractivity contribution in [3.63, 3.8) is 0 Å². The first-order chi connectivity index (χ1) is 13.9. The van der Waals surface area contributed by atoms with Crippen LogP contribution in [-0.4, -0.2) is 56.2 Å². The van der Waals surface area contributed by atoms with Crippen LogP contribution in [0, 0.1) is 11.6 Å². The zero-order valence-electron chi connectivity index (χ0n) is 17.4. The Kier molecular flexibility index (Phi) is 9.29. The first-order valence-corrected chi connectivity index (χ1v) is 12.0. The van der Waals surface area contributed by atoms with Crippen molar-refractivity contribution in [2.45, 2.75) is 57.5 Å². The molecule has 2 N–H and O–H groups in total. The molecule has 0 amide bonds. The van der Waals surface area contributed by atoms with Crippen LogP contribution in [-0.2, 0) is 10.0 Å². The minimum absolute atomic E-state index is 0. The van der Waals surface area contributed by atoms with Crippen molar-refractivity contribution in [2.75, 3.05) is 25.4 Å². The van der Waals surface area contributed by atoms with Crippen LogP contribution in [0.4, 0.5) is 8.78 Å². The third kappa shape index (κ3) is 6.25. The minimum atomic E-state index is -3.16. The number of hydrogen-bond donors (Lipinski definition) is 2. The van der Waals surface area contributed by atoms with E-state index in [1.54, 1.807) is 4.31 Å². The molecule has 1 aliphatic heterocycles. The lowest BCUT2D eigenvalue weighted by Crippen LogP contribution is -2.50. The second kappa shape index (κ2) is 11.0. The van der Waals surface area contributed by atoms with E-state index in [0.717, 1.165) is 0 Å². The Morgan fingerprint density at radius 1 is 1.17 bits per heavy atom. The predicted octanol–water partition coefficient (Wildman–Crippen LogP) is 3.20. The molecule has 3 rings (SSSR count). The normalized spacial score (nSPS) is 23.0. The zero-order valence-corrected chi connectivity index (χ0v) is 20.6. The number of sulfonamides is 1. The summed E-state index contributed by atoms with van der Waals surface area (Å²) >= 11 is 0. The van der Waals surface area contributed by atoms with E-state index in [1.165, 1.54) is 18.2 Å². The van der Waals surface area contributed by atoms with Crippen LogP contribution in [0.1, 0.15) is 51.0 Å². The van der Waals surface area contributed by atoms with E-state index in [4.69, 9.17) is 0 Å². The topological polar surface area (TPSA) is 73.8 Å². The SMILES string of the molecule is CCCS(=O)(=O)N1CCC(NC(=NCC)NC2CC2c2c(F)cccc2F)CC1.I. The molecular weight excluding hydrogens is 525 g/mol. The van der Waals surface area contributed by atoms with Crippen LogP contribution in [0.2, 0.25) is 0 Å². The van der Waals surface area contributed by atoms with E-state index < -0.39 is 21.7 Å². The number of hydrogen-bond acceptors (Lipinski definition) is 3. The molecule has 10 heteroatoms. The van der Waals surface area contributed by atoms with Crippen molar-refractivity contribution in [3.8, 4) is 0 Å². The minimum Gasteiger partial charge on any atom is -0.354 e. The van der Waals surface area contributed by atoms with Crippen molar-refractivity contribution < 1.29 is 17.2 Å². The summed E-state index contributed by atoms with van der Waals surface area (Å²) in [6, 6.07) is 3.99. The lowest BCUT2D eigenvalue weighted by atomic mass is 10.1. The van der Waals surface area contributed by atoms with Crippen molar-refractivity contribution in [1.29, 1.82) is 0 Å². The fourth-order valence-electron chi connectivity index (χ4n) is 3.86. The van der Waals surface area contributed by atoms with Gasteiger partial charge in [-0.1, -0.05) is 13.0 Å². The largest absolute Gasteiger partial charge is 0.354 e. The van der Waals surface area contributed by atoms with Gasteiger partial charge in [0, 0.05) is 43.2 Å². The summed E-state index contributed by atoms with van der Waals surface area (Å²) in [5.74, 6) is -0.429. The highest BCUT2D eigenvalue weighted by Gasteiger charge is 2.42. The van der Waals surface area contributed by atoms with Gasteiger partial charge in [-0.25, -0.2) is 21.5 Å². The van der Waals surface area contributed by atoms with E-state index in [-0.39, 0.29) is 53.3 Å². The number of guanidine groups is 1. The average molecular weight is 556 g/mol. The zero-order chi connectivity index (χ0) is 21.0. The van der Waals surface area contributed by atoms with Gasteiger partial charge in [0.15, 0.2) is 5.96 Å². The molecule has 0 aromatic heterocycles. The molecule has 2 unspecified atom stereocenters. The Morgan fingerprint density at radius 2 is 1.80 bits per heavy atom. The Bertz CT molecular complexity index is 825. The number of halogens is 3. The van der Waals surface area contributed by atoms with Gasteiger partial charge in [0.1, 0.15) is 11.6 Å². The number of piperidine rings is 1. The first kappa shape index (κ1) is 25.3. The maximum Gasteiger partial charge on any atom is 0.214 e. The molecule has 2 atom stereocenters. The number of rotatable bonds is 7. The Morgan fingerprint density at radius 3 is 2.37 bits per heavy atom. The van der Waals surface area contributed by atoms with Crippen LogP contribution in [0.25, 0.3) is 0 Å². The molecule has 0 bridgehead atoms. The van der Waals surface area contributed by atoms with Gasteiger partial charge in [-0.2, -0.15) is 0 Å². The van der Waals surface area contributed by atoms with Crippen LogP contribution in [0.3, 0.4) is 0 Å². The van der Waals surface area contributed by atoms with Gasteiger partial charge >= 0.3 is 0 Å². The van der Waals surface area contributed by atoms with Gasteiger partial charge in [0.25, 0.3) is 0 Å². The second-order valence-electron chi connectivity index (χ2n) is 7.68. The highest BCUT2D eigenvalue weighted by Crippen LogP contribution is 2.43. The summed E-state index contributed by atoms with van der Waals surface area (Å²) in [5.41, 5.74) is 0.135. The van der Waals surface area contributed by atoms with Gasteiger partial charge in [-0.3, -0.25) is 4.99 Å². The molecule has 2 aliphatic rings. The third-order valence-corrected chi connectivity index (χ3v) is 7.53. The van der Waals surface area contributed by atoms with Crippen molar-refractivity contribution in [3.05, 3.63) is 35.4 Å². The molecule has 1 saturated carbocycles. The average Bonchev–Trinajstić information content (AvgIpc) is 3.40. The fraction of sp³-hybridized carbons (Fsp3) is 0.650. The Hall–Kier alpha value is -1.01. The molecular formula is C20H31F2IN4O2S. The predicted molar refractivity (Wildman–Crippen MR) is 126 cm³/mol. The molecule has 170 valence electrons. The van der Waals surface area contributed by atoms with E-state index in [9.17, 15) is 17.2 Å².